The summed E-state index contributed by atoms with van der Waals surface area (Å²) in [4.78, 5) is 8.09. The van der Waals surface area contributed by atoms with Crippen LogP contribution in [0.3, 0.4) is 0 Å². The van der Waals surface area contributed by atoms with E-state index >= 15 is 0 Å². The van der Waals surface area contributed by atoms with Crippen molar-refractivity contribution in [2.75, 3.05) is 0 Å². The Morgan fingerprint density at radius 2 is 2.12 bits per heavy atom. The first kappa shape index (κ1) is 12.1. The largest absolute Gasteiger partial charge is 0.301 e. The van der Waals surface area contributed by atoms with Crippen molar-refractivity contribution in [2.45, 2.75) is 25.9 Å². The van der Waals surface area contributed by atoms with Crippen LogP contribution in [0.4, 0.5) is 4.39 Å². The lowest BCUT2D eigenvalue weighted by molar-refractivity contribution is 0.489. The standard InChI is InChI=1S/C12H14FN3S/c1-8(10-5-11(13)7-14-6-10)16-9(2)12-15-3-4-17-12/h3-9,16H,1-2H3. The molecule has 3 nitrogen and oxygen atoms in total. The van der Waals surface area contributed by atoms with Crippen LogP contribution in [0, 0.1) is 5.82 Å². The number of halogens is 1. The van der Waals surface area contributed by atoms with Crippen LogP contribution in [-0.4, -0.2) is 9.97 Å². The summed E-state index contributed by atoms with van der Waals surface area (Å²) >= 11 is 1.61. The fourth-order valence-corrected chi connectivity index (χ4v) is 2.31. The lowest BCUT2D eigenvalue weighted by Crippen LogP contribution is -2.22. The molecule has 0 bridgehead atoms. The predicted molar refractivity (Wildman–Crippen MR) is 66.3 cm³/mol. The van der Waals surface area contributed by atoms with Gasteiger partial charge in [0, 0.05) is 23.8 Å². The molecule has 2 atom stereocenters. The van der Waals surface area contributed by atoms with E-state index in [1.807, 2.05) is 19.2 Å². The van der Waals surface area contributed by atoms with Crippen LogP contribution in [0.5, 0.6) is 0 Å². The van der Waals surface area contributed by atoms with Gasteiger partial charge in [0.15, 0.2) is 0 Å². The minimum atomic E-state index is -0.307. The molecule has 0 aliphatic rings. The predicted octanol–water partition coefficient (Wildman–Crippen LogP) is 3.09. The Morgan fingerprint density at radius 3 is 2.76 bits per heavy atom. The van der Waals surface area contributed by atoms with Gasteiger partial charge in [-0.1, -0.05) is 0 Å². The highest BCUT2D eigenvalue weighted by atomic mass is 32.1. The molecule has 5 heteroatoms. The van der Waals surface area contributed by atoms with Gasteiger partial charge < -0.3 is 5.32 Å². The first-order valence-electron chi connectivity index (χ1n) is 5.42. The van der Waals surface area contributed by atoms with Crippen LogP contribution in [0.1, 0.15) is 36.5 Å². The molecule has 0 amide bonds. The summed E-state index contributed by atoms with van der Waals surface area (Å²) in [5, 5.41) is 6.34. The molecule has 0 aromatic carbocycles. The van der Waals surface area contributed by atoms with Gasteiger partial charge in [0.1, 0.15) is 10.8 Å². The fraction of sp³-hybridized carbons (Fsp3) is 0.333. The Labute approximate surface area is 104 Å². The van der Waals surface area contributed by atoms with Gasteiger partial charge in [0.25, 0.3) is 0 Å². The summed E-state index contributed by atoms with van der Waals surface area (Å²) in [6.45, 7) is 4.03. The molecule has 0 aliphatic heterocycles. The van der Waals surface area contributed by atoms with Crippen LogP contribution >= 0.6 is 11.3 Å². The molecule has 90 valence electrons. The van der Waals surface area contributed by atoms with Gasteiger partial charge in [0.2, 0.25) is 0 Å². The average Bonchev–Trinajstić information content (AvgIpc) is 2.82. The SMILES string of the molecule is CC(NC(C)c1nccs1)c1cncc(F)c1. The Kier molecular flexibility index (Phi) is 3.81. The minimum absolute atomic E-state index is 0.0390. The number of hydrogen-bond donors (Lipinski definition) is 1. The third kappa shape index (κ3) is 3.08. The number of thiazole rings is 1. The number of nitrogens with one attached hydrogen (secondary N) is 1. The van der Waals surface area contributed by atoms with E-state index in [1.165, 1.54) is 12.3 Å². The van der Waals surface area contributed by atoms with Crippen LogP contribution in [-0.2, 0) is 0 Å². The Balaban J connectivity index is 2.04. The van der Waals surface area contributed by atoms with Crippen molar-refractivity contribution in [1.29, 1.82) is 0 Å². The quantitative estimate of drug-likeness (QED) is 0.907. The third-order valence-corrected chi connectivity index (χ3v) is 3.51. The molecular weight excluding hydrogens is 237 g/mol. The number of nitrogens with zero attached hydrogens (tertiary/aromatic N) is 2. The molecule has 0 radical (unpaired) electrons. The third-order valence-electron chi connectivity index (χ3n) is 2.55. The van der Waals surface area contributed by atoms with Gasteiger partial charge in [-0.2, -0.15) is 0 Å². The summed E-state index contributed by atoms with van der Waals surface area (Å²) in [5.41, 5.74) is 0.841. The highest BCUT2D eigenvalue weighted by molar-refractivity contribution is 7.09. The number of hydrogen-bond acceptors (Lipinski definition) is 4. The molecule has 2 aromatic heterocycles. The maximum atomic E-state index is 13.0. The van der Waals surface area contributed by atoms with E-state index in [-0.39, 0.29) is 17.9 Å². The topological polar surface area (TPSA) is 37.8 Å². The van der Waals surface area contributed by atoms with Gasteiger partial charge in [-0.25, -0.2) is 9.37 Å². The number of aromatic nitrogens is 2. The van der Waals surface area contributed by atoms with E-state index in [4.69, 9.17) is 0 Å². The zero-order chi connectivity index (χ0) is 12.3. The van der Waals surface area contributed by atoms with Crippen molar-refractivity contribution in [3.8, 4) is 0 Å². The molecule has 0 aliphatic carbocycles. The van der Waals surface area contributed by atoms with Crippen LogP contribution in [0.2, 0.25) is 0 Å². The van der Waals surface area contributed by atoms with Gasteiger partial charge >= 0.3 is 0 Å². The van der Waals surface area contributed by atoms with E-state index < -0.39 is 0 Å². The lowest BCUT2D eigenvalue weighted by Gasteiger charge is -2.18. The molecule has 17 heavy (non-hydrogen) atoms. The van der Waals surface area contributed by atoms with Crippen molar-refractivity contribution >= 4 is 11.3 Å². The van der Waals surface area contributed by atoms with Crippen molar-refractivity contribution < 1.29 is 4.39 Å². The van der Waals surface area contributed by atoms with Crippen molar-refractivity contribution in [2.24, 2.45) is 0 Å². The highest BCUT2D eigenvalue weighted by Gasteiger charge is 2.13. The average molecular weight is 251 g/mol. The smallest absolute Gasteiger partial charge is 0.141 e. The molecule has 0 saturated heterocycles. The minimum Gasteiger partial charge on any atom is -0.301 e. The lowest BCUT2D eigenvalue weighted by atomic mass is 10.1. The Morgan fingerprint density at radius 1 is 1.29 bits per heavy atom. The number of pyridine rings is 1. The molecule has 1 N–H and O–H groups in total. The van der Waals surface area contributed by atoms with Crippen molar-refractivity contribution in [1.82, 2.24) is 15.3 Å². The molecule has 2 aromatic rings. The number of rotatable bonds is 4. The summed E-state index contributed by atoms with van der Waals surface area (Å²) < 4.78 is 13.0. The molecule has 0 fully saturated rings. The monoisotopic (exact) mass is 251 g/mol. The van der Waals surface area contributed by atoms with E-state index in [0.29, 0.717) is 0 Å². The normalized spacial score (nSPS) is 14.5. The molecule has 0 saturated carbocycles. The maximum Gasteiger partial charge on any atom is 0.141 e. The summed E-state index contributed by atoms with van der Waals surface area (Å²) in [6.07, 6.45) is 4.67. The Bertz CT molecular complexity index is 472. The van der Waals surface area contributed by atoms with E-state index in [2.05, 4.69) is 15.3 Å². The van der Waals surface area contributed by atoms with Crippen LogP contribution in [0.15, 0.2) is 30.0 Å². The summed E-state index contributed by atoms with van der Waals surface area (Å²) in [7, 11) is 0. The van der Waals surface area contributed by atoms with Crippen molar-refractivity contribution in [3.63, 3.8) is 0 Å². The van der Waals surface area contributed by atoms with Crippen LogP contribution < -0.4 is 5.32 Å². The molecule has 2 unspecified atom stereocenters. The first-order chi connectivity index (χ1) is 8.16. The van der Waals surface area contributed by atoms with Gasteiger partial charge in [-0.3, -0.25) is 4.98 Å². The van der Waals surface area contributed by atoms with Crippen LogP contribution in [0.25, 0.3) is 0 Å². The zero-order valence-corrected chi connectivity index (χ0v) is 10.5. The fourth-order valence-electron chi connectivity index (χ4n) is 1.66. The first-order valence-corrected chi connectivity index (χ1v) is 6.30. The summed E-state index contributed by atoms with van der Waals surface area (Å²) in [5.74, 6) is -0.307. The van der Waals surface area contributed by atoms with Gasteiger partial charge in [-0.15, -0.1) is 11.3 Å². The molecule has 2 heterocycles. The second kappa shape index (κ2) is 5.33. The second-order valence-electron chi connectivity index (χ2n) is 3.92. The second-order valence-corrected chi connectivity index (χ2v) is 4.84. The Hall–Kier alpha value is -1.33. The van der Waals surface area contributed by atoms with E-state index in [1.54, 1.807) is 23.7 Å². The highest BCUT2D eigenvalue weighted by Crippen LogP contribution is 2.20. The molecule has 0 spiro atoms. The van der Waals surface area contributed by atoms with E-state index in [0.717, 1.165) is 10.6 Å². The molecular formula is C12H14FN3S. The zero-order valence-electron chi connectivity index (χ0n) is 9.72. The van der Waals surface area contributed by atoms with Crippen molar-refractivity contribution in [3.05, 3.63) is 46.4 Å². The molecule has 2 rings (SSSR count). The maximum absolute atomic E-state index is 13.0. The van der Waals surface area contributed by atoms with E-state index in [9.17, 15) is 4.39 Å². The summed E-state index contributed by atoms with van der Waals surface area (Å²) in [6, 6.07) is 1.68. The van der Waals surface area contributed by atoms with Gasteiger partial charge in [0.05, 0.1) is 12.2 Å². The van der Waals surface area contributed by atoms with Gasteiger partial charge in [-0.05, 0) is 25.5 Å².